The average Bonchev–Trinajstić information content (AvgIpc) is 1.85. The van der Waals surface area contributed by atoms with Crippen LogP contribution in [-0.4, -0.2) is 15.0 Å². The number of nitro groups is 1. The molecule has 0 bridgehead atoms. The molecule has 0 radical (unpaired) electrons. The predicted molar refractivity (Wildman–Crippen MR) is 35.4 cm³/mol. The van der Waals surface area contributed by atoms with Crippen molar-refractivity contribution >= 4 is 5.69 Å². The van der Waals surface area contributed by atoms with Gasteiger partial charge in [0.15, 0.2) is 0 Å². The third kappa shape index (κ3) is 1.34. The third-order valence-electron chi connectivity index (χ3n) is 1.08. The average molecular weight is 156 g/mol. The molecule has 0 saturated heterocycles. The first-order valence-electron chi connectivity index (χ1n) is 2.67. The van der Waals surface area contributed by atoms with Gasteiger partial charge in [-0.15, -0.1) is 0 Å². The van der Waals surface area contributed by atoms with Crippen molar-refractivity contribution in [3.8, 4) is 5.75 Å². The van der Waals surface area contributed by atoms with Crippen molar-refractivity contribution < 1.29 is 10.0 Å². The van der Waals surface area contributed by atoms with Gasteiger partial charge in [0.05, 0.1) is 17.2 Å². The molecule has 0 aliphatic carbocycles. The van der Waals surface area contributed by atoms with Crippen LogP contribution in [0.2, 0.25) is 0 Å². The fourth-order valence-electron chi connectivity index (χ4n) is 0.599. The van der Waals surface area contributed by atoms with Crippen LogP contribution in [0.4, 0.5) is 5.69 Å². The van der Waals surface area contributed by atoms with E-state index in [0.29, 0.717) is 0 Å². The first-order chi connectivity index (χ1) is 5.11. The first kappa shape index (κ1) is 7.26. The van der Waals surface area contributed by atoms with E-state index in [0.717, 1.165) is 12.3 Å². The van der Waals surface area contributed by atoms with Gasteiger partial charge in [-0.2, -0.15) is 0 Å². The van der Waals surface area contributed by atoms with Crippen LogP contribution >= 0.6 is 0 Å². The van der Waals surface area contributed by atoms with Crippen LogP contribution < -0.4 is 5.56 Å². The van der Waals surface area contributed by atoms with E-state index in [9.17, 15) is 14.9 Å². The summed E-state index contributed by atoms with van der Waals surface area (Å²) in [5.74, 6) is -0.626. The van der Waals surface area contributed by atoms with E-state index >= 15 is 0 Å². The lowest BCUT2D eigenvalue weighted by molar-refractivity contribution is -0.386. The Bertz CT molecular complexity index is 343. The zero-order valence-corrected chi connectivity index (χ0v) is 5.27. The molecule has 0 unspecified atom stereocenters. The van der Waals surface area contributed by atoms with Crippen LogP contribution in [-0.2, 0) is 0 Å². The summed E-state index contributed by atoms with van der Waals surface area (Å²) in [6.07, 6.45) is 0.845. The van der Waals surface area contributed by atoms with Gasteiger partial charge >= 0.3 is 5.69 Å². The quantitative estimate of drug-likeness (QED) is 0.441. The number of aromatic nitrogens is 1. The van der Waals surface area contributed by atoms with Gasteiger partial charge in [-0.05, 0) is 0 Å². The molecule has 0 fully saturated rings. The van der Waals surface area contributed by atoms with Crippen LogP contribution in [0.25, 0.3) is 0 Å². The molecule has 1 heterocycles. The van der Waals surface area contributed by atoms with Gasteiger partial charge in [-0.25, -0.2) is 0 Å². The second kappa shape index (κ2) is 2.41. The molecule has 11 heavy (non-hydrogen) atoms. The van der Waals surface area contributed by atoms with E-state index in [2.05, 4.69) is 4.98 Å². The third-order valence-corrected chi connectivity index (χ3v) is 1.08. The number of rotatable bonds is 1. The molecule has 1 rings (SSSR count). The molecule has 2 N–H and O–H groups in total. The highest BCUT2D eigenvalue weighted by molar-refractivity contribution is 5.41. The van der Waals surface area contributed by atoms with Gasteiger partial charge in [-0.1, -0.05) is 0 Å². The van der Waals surface area contributed by atoms with E-state index in [4.69, 9.17) is 5.11 Å². The summed E-state index contributed by atoms with van der Waals surface area (Å²) in [6.45, 7) is 0. The number of aromatic amines is 1. The molecular weight excluding hydrogens is 152 g/mol. The van der Waals surface area contributed by atoms with Gasteiger partial charge in [0.1, 0.15) is 0 Å². The zero-order chi connectivity index (χ0) is 8.43. The largest absolute Gasteiger partial charge is 0.502 e. The summed E-state index contributed by atoms with van der Waals surface area (Å²) in [4.78, 5) is 21.8. The van der Waals surface area contributed by atoms with E-state index in [1.54, 1.807) is 0 Å². The highest BCUT2D eigenvalue weighted by Gasteiger charge is 2.11. The second-order valence-corrected chi connectivity index (χ2v) is 1.82. The molecule has 0 atom stereocenters. The molecule has 1 aromatic heterocycles. The maximum absolute atomic E-state index is 10.4. The monoisotopic (exact) mass is 156 g/mol. The van der Waals surface area contributed by atoms with E-state index in [-0.39, 0.29) is 0 Å². The van der Waals surface area contributed by atoms with Crippen molar-refractivity contribution in [2.45, 2.75) is 0 Å². The molecule has 0 aliphatic rings. The summed E-state index contributed by atoms with van der Waals surface area (Å²) >= 11 is 0. The summed E-state index contributed by atoms with van der Waals surface area (Å²) in [6, 6.07) is 0.748. The van der Waals surface area contributed by atoms with Crippen molar-refractivity contribution in [1.29, 1.82) is 0 Å². The van der Waals surface area contributed by atoms with Crippen molar-refractivity contribution in [3.63, 3.8) is 0 Å². The molecule has 0 aromatic carbocycles. The molecule has 6 heteroatoms. The molecule has 0 spiro atoms. The maximum Gasteiger partial charge on any atom is 0.326 e. The van der Waals surface area contributed by atoms with Gasteiger partial charge in [0.25, 0.3) is 5.56 Å². The number of nitrogens with one attached hydrogen (secondary N) is 1. The Morgan fingerprint density at radius 3 is 2.73 bits per heavy atom. The normalized spacial score (nSPS) is 9.45. The number of H-pyrrole nitrogens is 1. The lowest BCUT2D eigenvalue weighted by atomic mass is 10.4. The fraction of sp³-hybridized carbons (Fsp3) is 0. The molecule has 0 amide bonds. The van der Waals surface area contributed by atoms with Crippen LogP contribution in [0, 0.1) is 10.1 Å². The zero-order valence-electron chi connectivity index (χ0n) is 5.27. The maximum atomic E-state index is 10.4. The van der Waals surface area contributed by atoms with Crippen molar-refractivity contribution in [2.24, 2.45) is 0 Å². The lowest BCUT2D eigenvalue weighted by Gasteiger charge is -1.91. The van der Waals surface area contributed by atoms with Crippen LogP contribution in [0.5, 0.6) is 5.75 Å². The molecule has 58 valence electrons. The summed E-state index contributed by atoms with van der Waals surface area (Å²) < 4.78 is 0. The minimum absolute atomic E-state index is 0.510. The van der Waals surface area contributed by atoms with Crippen molar-refractivity contribution in [3.05, 3.63) is 32.7 Å². The smallest absolute Gasteiger partial charge is 0.326 e. The van der Waals surface area contributed by atoms with Crippen molar-refractivity contribution in [1.82, 2.24) is 4.98 Å². The standard InChI is InChI=1S/C5H4N2O4/c8-4-1-5(9)6-2-3(4)7(10)11/h1-2H,(H2,6,8,9). The Morgan fingerprint density at radius 1 is 1.64 bits per heavy atom. The first-order valence-corrected chi connectivity index (χ1v) is 2.67. The van der Waals surface area contributed by atoms with Crippen LogP contribution in [0.3, 0.4) is 0 Å². The van der Waals surface area contributed by atoms with Gasteiger partial charge in [0.2, 0.25) is 5.75 Å². The minimum atomic E-state index is -0.786. The second-order valence-electron chi connectivity index (χ2n) is 1.82. The molecule has 6 nitrogen and oxygen atoms in total. The van der Waals surface area contributed by atoms with E-state index in [1.807, 2.05) is 0 Å². The van der Waals surface area contributed by atoms with E-state index < -0.39 is 21.9 Å². The van der Waals surface area contributed by atoms with Gasteiger partial charge < -0.3 is 10.1 Å². The van der Waals surface area contributed by atoms with Crippen LogP contribution in [0.15, 0.2) is 17.1 Å². The predicted octanol–water partition coefficient (Wildman–Crippen LogP) is -0.0113. The minimum Gasteiger partial charge on any atom is -0.502 e. The van der Waals surface area contributed by atoms with Crippen LogP contribution in [0.1, 0.15) is 0 Å². The Labute approximate surface area is 60.3 Å². The number of hydrogen-bond acceptors (Lipinski definition) is 4. The fourth-order valence-corrected chi connectivity index (χ4v) is 0.599. The summed E-state index contributed by atoms with van der Waals surface area (Å²) in [7, 11) is 0. The highest BCUT2D eigenvalue weighted by Crippen LogP contribution is 2.20. The highest BCUT2D eigenvalue weighted by atomic mass is 16.6. The molecular formula is C5H4N2O4. The molecule has 0 saturated carbocycles. The Morgan fingerprint density at radius 2 is 2.27 bits per heavy atom. The van der Waals surface area contributed by atoms with E-state index in [1.165, 1.54) is 0 Å². The number of pyridine rings is 1. The Balaban J connectivity index is 3.31. The van der Waals surface area contributed by atoms with Gasteiger partial charge in [0, 0.05) is 0 Å². The summed E-state index contributed by atoms with van der Waals surface area (Å²) in [5.41, 5.74) is -1.09. The topological polar surface area (TPSA) is 96.2 Å². The van der Waals surface area contributed by atoms with Crippen molar-refractivity contribution in [2.75, 3.05) is 0 Å². The molecule has 0 aliphatic heterocycles. The molecule has 1 aromatic rings. The SMILES string of the molecule is O=c1cc(O)c([N+](=O)[O-])c[nH]1. The summed E-state index contributed by atoms with van der Waals surface area (Å²) in [5, 5.41) is 18.9. The Hall–Kier alpha value is -1.85. The lowest BCUT2D eigenvalue weighted by Crippen LogP contribution is -2.03. The number of nitrogens with zero attached hydrogens (tertiary/aromatic N) is 1. The number of aromatic hydroxyl groups is 1. The number of hydrogen-bond donors (Lipinski definition) is 2. The van der Waals surface area contributed by atoms with Gasteiger partial charge in [-0.3, -0.25) is 14.9 Å². The Kier molecular flexibility index (Phi) is 1.59.